The zero-order valence-electron chi connectivity index (χ0n) is 9.84. The van der Waals surface area contributed by atoms with E-state index in [0.717, 1.165) is 15.7 Å². The molecule has 82 valence electrons. The van der Waals surface area contributed by atoms with Crippen LogP contribution in [-0.2, 0) is 4.79 Å². The molecule has 0 aliphatic carbocycles. The van der Waals surface area contributed by atoms with Crippen molar-refractivity contribution < 1.29 is 39.5 Å². The molecule has 17 heavy (non-hydrogen) atoms. The van der Waals surface area contributed by atoms with E-state index in [1.54, 1.807) is 6.92 Å². The predicted molar refractivity (Wildman–Crippen MR) is 64.3 cm³/mol. The first-order chi connectivity index (χ1) is 7.66. The van der Waals surface area contributed by atoms with Crippen molar-refractivity contribution in [3.05, 3.63) is 42.5 Å². The van der Waals surface area contributed by atoms with E-state index in [9.17, 15) is 9.90 Å². The predicted octanol–water partition coefficient (Wildman–Crippen LogP) is -0.926. The number of rotatable bonds is 3. The summed E-state index contributed by atoms with van der Waals surface area (Å²) in [4.78, 5) is 11.6. The van der Waals surface area contributed by atoms with Crippen molar-refractivity contribution in [1.29, 1.82) is 0 Å². The Morgan fingerprint density at radius 2 is 1.82 bits per heavy atom. The fourth-order valence-corrected chi connectivity index (χ4v) is 2.34. The molecule has 0 N–H and O–H groups in total. The molecule has 0 saturated carbocycles. The molecule has 0 heterocycles. The van der Waals surface area contributed by atoms with E-state index in [2.05, 4.69) is 0 Å². The van der Waals surface area contributed by atoms with Crippen molar-refractivity contribution in [2.45, 2.75) is 17.1 Å². The van der Waals surface area contributed by atoms with Crippen molar-refractivity contribution in [2.24, 2.45) is 0 Å². The molecule has 0 fully saturated rings. The third kappa shape index (κ3) is 3.75. The summed E-state index contributed by atoms with van der Waals surface area (Å²) in [5.41, 5.74) is 0. The van der Waals surface area contributed by atoms with E-state index < -0.39 is 11.2 Å². The average Bonchev–Trinajstić information content (AvgIpc) is 2.28. The van der Waals surface area contributed by atoms with E-state index in [1.165, 1.54) is 11.8 Å². The number of carboxylic acid groups (broad SMARTS) is 1. The fraction of sp³-hybridized carbons (Fsp3) is 0.154. The Hall–Kier alpha value is -0.480. The molecule has 0 unspecified atom stereocenters. The zero-order valence-corrected chi connectivity index (χ0v) is 12.7. The molecule has 0 spiro atoms. The molecule has 2 aromatic carbocycles. The molecule has 0 aliphatic heterocycles. The van der Waals surface area contributed by atoms with Crippen molar-refractivity contribution >= 4 is 28.5 Å². The van der Waals surface area contributed by atoms with E-state index >= 15 is 0 Å². The minimum atomic E-state index is -1.03. The molecular formula is C13H11NaO2S. The maximum atomic E-state index is 10.6. The number of carboxylic acids is 1. The number of hydrogen-bond donors (Lipinski definition) is 0. The molecular weight excluding hydrogens is 243 g/mol. The molecule has 2 rings (SSSR count). The second-order valence-electron chi connectivity index (χ2n) is 3.59. The largest absolute Gasteiger partial charge is 1.00 e. The maximum absolute atomic E-state index is 10.6. The van der Waals surface area contributed by atoms with Crippen LogP contribution in [0.1, 0.15) is 6.92 Å². The summed E-state index contributed by atoms with van der Waals surface area (Å²) in [6, 6.07) is 13.9. The number of aliphatic carboxylic acids is 1. The first kappa shape index (κ1) is 14.6. The molecule has 0 bridgehead atoms. The third-order valence-electron chi connectivity index (χ3n) is 2.37. The van der Waals surface area contributed by atoms with Crippen LogP contribution >= 0.6 is 11.8 Å². The van der Waals surface area contributed by atoms with Crippen molar-refractivity contribution in [3.8, 4) is 0 Å². The Labute approximate surface area is 127 Å². The van der Waals surface area contributed by atoms with Gasteiger partial charge in [0.2, 0.25) is 0 Å². The topological polar surface area (TPSA) is 40.1 Å². The number of hydrogen-bond acceptors (Lipinski definition) is 3. The maximum Gasteiger partial charge on any atom is 1.00 e. The summed E-state index contributed by atoms with van der Waals surface area (Å²) in [5, 5.41) is 12.4. The Balaban J connectivity index is 0.00000144. The van der Waals surface area contributed by atoms with Crippen LogP contribution < -0.4 is 34.7 Å². The van der Waals surface area contributed by atoms with Gasteiger partial charge in [-0.25, -0.2) is 0 Å². The molecule has 0 amide bonds. The SMILES string of the molecule is C[C@@H](Sc1ccc2ccccc2c1)C(=O)[O-].[Na+]. The van der Waals surface area contributed by atoms with Crippen LogP contribution in [0, 0.1) is 0 Å². The molecule has 2 nitrogen and oxygen atoms in total. The monoisotopic (exact) mass is 254 g/mol. The number of carbonyl (C=O) groups excluding carboxylic acids is 1. The summed E-state index contributed by atoms with van der Waals surface area (Å²) in [6.07, 6.45) is 0. The molecule has 0 radical (unpaired) electrons. The Morgan fingerprint density at radius 1 is 1.18 bits per heavy atom. The van der Waals surface area contributed by atoms with Crippen LogP contribution in [0.15, 0.2) is 47.4 Å². The van der Waals surface area contributed by atoms with Gasteiger partial charge in [0, 0.05) is 10.1 Å². The second-order valence-corrected chi connectivity index (χ2v) is 5.00. The minimum absolute atomic E-state index is 0. The van der Waals surface area contributed by atoms with Crippen molar-refractivity contribution in [2.75, 3.05) is 0 Å². The number of benzene rings is 2. The molecule has 4 heteroatoms. The van der Waals surface area contributed by atoms with E-state index in [0.29, 0.717) is 0 Å². The Bertz CT molecular complexity index is 528. The summed E-state index contributed by atoms with van der Waals surface area (Å²) in [6.45, 7) is 1.63. The first-order valence-corrected chi connectivity index (χ1v) is 5.91. The standard InChI is InChI=1S/C13H12O2S.Na/c1-9(13(14)15)16-12-7-6-10-4-2-3-5-11(10)8-12;/h2-9H,1H3,(H,14,15);/q;+1/p-1/t9-;/m1./s1. The van der Waals surface area contributed by atoms with Crippen LogP contribution in [-0.4, -0.2) is 11.2 Å². The van der Waals surface area contributed by atoms with Gasteiger partial charge in [0.05, 0.1) is 5.97 Å². The summed E-state index contributed by atoms with van der Waals surface area (Å²) in [7, 11) is 0. The number of carbonyl (C=O) groups is 1. The van der Waals surface area contributed by atoms with E-state index in [-0.39, 0.29) is 29.6 Å². The van der Waals surface area contributed by atoms with Gasteiger partial charge in [0.1, 0.15) is 0 Å². The third-order valence-corrected chi connectivity index (χ3v) is 3.44. The van der Waals surface area contributed by atoms with Gasteiger partial charge < -0.3 is 9.90 Å². The second kappa shape index (κ2) is 6.45. The van der Waals surface area contributed by atoms with Gasteiger partial charge in [-0.15, -0.1) is 11.8 Å². The van der Waals surface area contributed by atoms with Gasteiger partial charge in [-0.2, -0.15) is 0 Å². The number of thioether (sulfide) groups is 1. The Kier molecular flexibility index (Phi) is 5.53. The smallest absolute Gasteiger partial charge is 0.549 e. The summed E-state index contributed by atoms with van der Waals surface area (Å²) in [5.74, 6) is -1.03. The van der Waals surface area contributed by atoms with Gasteiger partial charge in [0.15, 0.2) is 0 Å². The molecule has 0 aromatic heterocycles. The van der Waals surface area contributed by atoms with Gasteiger partial charge in [0.25, 0.3) is 0 Å². The van der Waals surface area contributed by atoms with Gasteiger partial charge in [-0.3, -0.25) is 0 Å². The van der Waals surface area contributed by atoms with Crippen molar-refractivity contribution in [3.63, 3.8) is 0 Å². The van der Waals surface area contributed by atoms with E-state index in [1.807, 2.05) is 42.5 Å². The van der Waals surface area contributed by atoms with Crippen LogP contribution in [0.5, 0.6) is 0 Å². The van der Waals surface area contributed by atoms with Gasteiger partial charge >= 0.3 is 29.6 Å². The van der Waals surface area contributed by atoms with Crippen LogP contribution in [0.25, 0.3) is 10.8 Å². The molecule has 0 aliphatic rings. The summed E-state index contributed by atoms with van der Waals surface area (Å²) < 4.78 is 0. The molecule has 1 atom stereocenters. The van der Waals surface area contributed by atoms with Crippen LogP contribution in [0.3, 0.4) is 0 Å². The zero-order chi connectivity index (χ0) is 11.5. The minimum Gasteiger partial charge on any atom is -0.549 e. The normalized spacial score (nSPS) is 11.8. The summed E-state index contributed by atoms with van der Waals surface area (Å²) >= 11 is 1.30. The molecule has 2 aromatic rings. The van der Waals surface area contributed by atoms with Crippen molar-refractivity contribution in [1.82, 2.24) is 0 Å². The Morgan fingerprint density at radius 3 is 2.47 bits per heavy atom. The van der Waals surface area contributed by atoms with Gasteiger partial charge in [-0.05, 0) is 29.8 Å². The number of fused-ring (bicyclic) bond motifs is 1. The fourth-order valence-electron chi connectivity index (χ4n) is 1.49. The van der Waals surface area contributed by atoms with Crippen LogP contribution in [0.4, 0.5) is 0 Å². The van der Waals surface area contributed by atoms with Gasteiger partial charge in [-0.1, -0.05) is 30.3 Å². The average molecular weight is 254 g/mol. The molecule has 0 saturated heterocycles. The quantitative estimate of drug-likeness (QED) is 0.525. The van der Waals surface area contributed by atoms with Crippen LogP contribution in [0.2, 0.25) is 0 Å². The van der Waals surface area contributed by atoms with E-state index in [4.69, 9.17) is 0 Å². The first-order valence-electron chi connectivity index (χ1n) is 5.03.